The molecule has 0 aliphatic heterocycles. The maximum absolute atomic E-state index is 5.71. The van der Waals surface area contributed by atoms with Crippen LogP contribution in [0.5, 0.6) is 0 Å². The summed E-state index contributed by atoms with van der Waals surface area (Å²) in [5, 5.41) is 3.51. The van der Waals surface area contributed by atoms with Crippen molar-refractivity contribution < 1.29 is 0 Å². The van der Waals surface area contributed by atoms with Gasteiger partial charge in [0.15, 0.2) is 0 Å². The summed E-state index contributed by atoms with van der Waals surface area (Å²) in [4.78, 5) is 10.1. The van der Waals surface area contributed by atoms with Crippen LogP contribution in [-0.4, -0.2) is 41.5 Å². The summed E-state index contributed by atoms with van der Waals surface area (Å²) in [5.74, 6) is 0.726. The van der Waals surface area contributed by atoms with Crippen LogP contribution in [0, 0.1) is 0 Å². The van der Waals surface area contributed by atoms with Crippen LogP contribution < -0.4 is 5.32 Å². The van der Waals surface area contributed by atoms with E-state index < -0.39 is 0 Å². The van der Waals surface area contributed by atoms with Crippen molar-refractivity contribution in [3.8, 4) is 0 Å². The lowest BCUT2D eigenvalue weighted by Gasteiger charge is -2.19. The van der Waals surface area contributed by atoms with E-state index in [0.717, 1.165) is 16.8 Å². The molecular formula is C9H14BrClN4. The fourth-order valence-electron chi connectivity index (χ4n) is 1.27. The number of halogens is 2. The van der Waals surface area contributed by atoms with E-state index in [9.17, 15) is 0 Å². The van der Waals surface area contributed by atoms with Crippen molar-refractivity contribution in [1.29, 1.82) is 0 Å². The lowest BCUT2D eigenvalue weighted by molar-refractivity contribution is 0.392. The molecule has 1 atom stereocenters. The normalized spacial score (nSPS) is 12.9. The highest BCUT2D eigenvalue weighted by Gasteiger charge is 2.08. The van der Waals surface area contributed by atoms with Crippen LogP contribution >= 0.6 is 27.5 Å². The molecule has 0 radical (unpaired) electrons. The molecule has 1 heterocycles. The molecule has 0 aromatic carbocycles. The molecule has 0 aliphatic rings. The van der Waals surface area contributed by atoms with Crippen LogP contribution in [0.1, 0.15) is 6.92 Å². The molecule has 0 bridgehead atoms. The van der Waals surface area contributed by atoms with Gasteiger partial charge in [0.1, 0.15) is 5.82 Å². The number of aromatic nitrogens is 2. The minimum Gasteiger partial charge on any atom is -0.365 e. The lowest BCUT2D eigenvalue weighted by Crippen LogP contribution is -2.30. The van der Waals surface area contributed by atoms with Crippen molar-refractivity contribution in [2.75, 3.05) is 26.0 Å². The van der Waals surface area contributed by atoms with Gasteiger partial charge in [-0.15, -0.1) is 0 Å². The standard InChI is InChI=1S/C9H14BrClN4/c1-6(5-15(2)3)13-8-7(10)4-12-9(11)14-8/h4,6H,5H2,1-3H3,(H,12,13,14). The van der Waals surface area contributed by atoms with Crippen LogP contribution in [0.2, 0.25) is 5.28 Å². The number of rotatable bonds is 4. The first-order valence-corrected chi connectivity index (χ1v) is 5.75. The summed E-state index contributed by atoms with van der Waals surface area (Å²) in [6.07, 6.45) is 1.64. The number of nitrogens with one attached hydrogen (secondary N) is 1. The Morgan fingerprint density at radius 1 is 1.60 bits per heavy atom. The van der Waals surface area contributed by atoms with Gasteiger partial charge in [-0.05, 0) is 48.5 Å². The molecule has 6 heteroatoms. The predicted molar refractivity (Wildman–Crippen MR) is 66.4 cm³/mol. The van der Waals surface area contributed by atoms with E-state index in [0.29, 0.717) is 6.04 Å². The minimum absolute atomic E-state index is 0.248. The van der Waals surface area contributed by atoms with Gasteiger partial charge in [0.05, 0.1) is 4.47 Å². The fourth-order valence-corrected chi connectivity index (χ4v) is 1.71. The van der Waals surface area contributed by atoms with Gasteiger partial charge in [-0.25, -0.2) is 4.98 Å². The van der Waals surface area contributed by atoms with Gasteiger partial charge in [0.2, 0.25) is 5.28 Å². The van der Waals surface area contributed by atoms with Gasteiger partial charge < -0.3 is 10.2 Å². The van der Waals surface area contributed by atoms with Gasteiger partial charge >= 0.3 is 0 Å². The highest BCUT2D eigenvalue weighted by molar-refractivity contribution is 9.10. The van der Waals surface area contributed by atoms with Crippen molar-refractivity contribution in [2.24, 2.45) is 0 Å². The van der Waals surface area contributed by atoms with Crippen molar-refractivity contribution in [3.05, 3.63) is 16.0 Å². The monoisotopic (exact) mass is 292 g/mol. The maximum atomic E-state index is 5.71. The Hall–Kier alpha value is -0.390. The predicted octanol–water partition coefficient (Wildman–Crippen LogP) is 2.25. The van der Waals surface area contributed by atoms with E-state index in [1.807, 2.05) is 14.1 Å². The second-order valence-electron chi connectivity index (χ2n) is 3.64. The second kappa shape index (κ2) is 5.63. The Kier molecular flexibility index (Phi) is 4.76. The zero-order chi connectivity index (χ0) is 11.4. The third-order valence-electron chi connectivity index (χ3n) is 1.74. The molecule has 84 valence electrons. The summed E-state index contributed by atoms with van der Waals surface area (Å²) in [6, 6.07) is 0.294. The van der Waals surface area contributed by atoms with E-state index >= 15 is 0 Å². The highest BCUT2D eigenvalue weighted by Crippen LogP contribution is 2.20. The Morgan fingerprint density at radius 2 is 2.27 bits per heavy atom. The Bertz CT molecular complexity index is 332. The number of anilines is 1. The molecule has 4 nitrogen and oxygen atoms in total. The zero-order valence-corrected chi connectivity index (χ0v) is 11.3. The molecule has 0 amide bonds. The van der Waals surface area contributed by atoms with Gasteiger partial charge in [0.25, 0.3) is 0 Å². The van der Waals surface area contributed by atoms with E-state index in [1.165, 1.54) is 0 Å². The van der Waals surface area contributed by atoms with E-state index in [1.54, 1.807) is 6.20 Å². The molecule has 15 heavy (non-hydrogen) atoms. The van der Waals surface area contributed by atoms with Crippen LogP contribution in [0.25, 0.3) is 0 Å². The van der Waals surface area contributed by atoms with Gasteiger partial charge in [-0.2, -0.15) is 4.98 Å². The number of hydrogen-bond donors (Lipinski definition) is 1. The third kappa shape index (κ3) is 4.32. The van der Waals surface area contributed by atoms with Crippen LogP contribution in [0.3, 0.4) is 0 Å². The lowest BCUT2D eigenvalue weighted by atomic mass is 10.3. The Morgan fingerprint density at radius 3 is 2.87 bits per heavy atom. The third-order valence-corrected chi connectivity index (χ3v) is 2.50. The Labute approximate surface area is 103 Å². The summed E-state index contributed by atoms with van der Waals surface area (Å²) in [7, 11) is 4.06. The first-order valence-electron chi connectivity index (χ1n) is 4.58. The number of nitrogens with zero attached hydrogens (tertiary/aromatic N) is 3. The summed E-state index contributed by atoms with van der Waals surface area (Å²) < 4.78 is 0.817. The molecule has 0 fully saturated rings. The summed E-state index contributed by atoms with van der Waals surface area (Å²) >= 11 is 9.08. The average Bonchev–Trinajstić information content (AvgIpc) is 2.10. The minimum atomic E-state index is 0.248. The SMILES string of the molecule is CC(CN(C)C)Nc1nc(Cl)ncc1Br. The quantitative estimate of drug-likeness (QED) is 0.865. The van der Waals surface area contributed by atoms with Crippen molar-refractivity contribution in [3.63, 3.8) is 0 Å². The number of likely N-dealkylation sites (N-methyl/N-ethyl adjacent to an activating group) is 1. The van der Waals surface area contributed by atoms with Crippen molar-refractivity contribution in [1.82, 2.24) is 14.9 Å². The molecule has 0 spiro atoms. The Balaban J connectivity index is 2.67. The van der Waals surface area contributed by atoms with E-state index in [2.05, 4.69) is 43.0 Å². The van der Waals surface area contributed by atoms with Crippen LogP contribution in [-0.2, 0) is 0 Å². The molecule has 1 rings (SSSR count). The fraction of sp³-hybridized carbons (Fsp3) is 0.556. The molecule has 1 unspecified atom stereocenters. The van der Waals surface area contributed by atoms with Crippen molar-refractivity contribution >= 4 is 33.3 Å². The first-order chi connectivity index (χ1) is 6.99. The topological polar surface area (TPSA) is 41.0 Å². The summed E-state index contributed by atoms with van der Waals surface area (Å²) in [6.45, 7) is 3.01. The molecule has 0 saturated carbocycles. The van der Waals surface area contributed by atoms with Gasteiger partial charge in [0, 0.05) is 18.8 Å². The highest BCUT2D eigenvalue weighted by atomic mass is 79.9. The summed E-state index contributed by atoms with van der Waals surface area (Å²) in [5.41, 5.74) is 0. The zero-order valence-electron chi connectivity index (χ0n) is 8.96. The number of hydrogen-bond acceptors (Lipinski definition) is 4. The van der Waals surface area contributed by atoms with E-state index in [4.69, 9.17) is 11.6 Å². The van der Waals surface area contributed by atoms with Gasteiger partial charge in [-0.1, -0.05) is 0 Å². The van der Waals surface area contributed by atoms with Crippen LogP contribution in [0.4, 0.5) is 5.82 Å². The molecule has 0 aliphatic carbocycles. The molecule has 1 aromatic rings. The van der Waals surface area contributed by atoms with E-state index in [-0.39, 0.29) is 5.28 Å². The first kappa shape index (κ1) is 12.7. The molecule has 1 N–H and O–H groups in total. The maximum Gasteiger partial charge on any atom is 0.224 e. The second-order valence-corrected chi connectivity index (χ2v) is 4.84. The van der Waals surface area contributed by atoms with Crippen LogP contribution in [0.15, 0.2) is 10.7 Å². The van der Waals surface area contributed by atoms with Crippen molar-refractivity contribution in [2.45, 2.75) is 13.0 Å². The largest absolute Gasteiger partial charge is 0.365 e. The molecule has 1 aromatic heterocycles. The molecular weight excluding hydrogens is 279 g/mol. The van der Waals surface area contributed by atoms with Gasteiger partial charge in [-0.3, -0.25) is 0 Å². The smallest absolute Gasteiger partial charge is 0.224 e. The molecule has 0 saturated heterocycles. The average molecular weight is 294 g/mol.